The third-order valence-electron chi connectivity index (χ3n) is 5.19. The quantitative estimate of drug-likeness (QED) is 0.344. The monoisotopic (exact) mass is 538 g/mol. The van der Waals surface area contributed by atoms with E-state index in [1.54, 1.807) is 55.6 Å². The molecule has 0 amide bonds. The lowest BCUT2D eigenvalue weighted by Gasteiger charge is -2.23. The Kier molecular flexibility index (Phi) is 7.60. The molecule has 2 atom stereocenters. The summed E-state index contributed by atoms with van der Waals surface area (Å²) in [5.41, 5.74) is 2.23. The number of tetrazole rings is 1. The fourth-order valence-corrected chi connectivity index (χ4v) is 4.44. The Morgan fingerprint density at radius 1 is 1.09 bits per heavy atom. The molecule has 34 heavy (non-hydrogen) atoms. The first kappa shape index (κ1) is 24.7. The predicted molar refractivity (Wildman–Crippen MR) is 132 cm³/mol. The van der Waals surface area contributed by atoms with Gasteiger partial charge in [-0.3, -0.25) is 4.79 Å². The summed E-state index contributed by atoms with van der Waals surface area (Å²) in [5, 5.41) is 23.6. The maximum absolute atomic E-state index is 11.8. The Bertz CT molecular complexity index is 1250. The molecule has 11 heteroatoms. The number of hydrogen-bond acceptors (Lipinski definition) is 6. The van der Waals surface area contributed by atoms with Crippen molar-refractivity contribution in [2.24, 2.45) is 7.05 Å². The molecule has 1 fully saturated rings. The van der Waals surface area contributed by atoms with E-state index in [1.165, 1.54) is 4.68 Å². The van der Waals surface area contributed by atoms with Crippen molar-refractivity contribution in [2.45, 2.75) is 25.0 Å². The second kappa shape index (κ2) is 10.5. The molecule has 0 bridgehead atoms. The first-order valence-corrected chi connectivity index (χ1v) is 11.7. The second-order valence-corrected chi connectivity index (χ2v) is 9.33. The van der Waals surface area contributed by atoms with Crippen molar-refractivity contribution < 1.29 is 14.6 Å². The van der Waals surface area contributed by atoms with Gasteiger partial charge in [-0.25, -0.2) is 4.68 Å². The fourth-order valence-electron chi connectivity index (χ4n) is 3.67. The highest BCUT2D eigenvalue weighted by Crippen LogP contribution is 2.41. The van der Waals surface area contributed by atoms with Gasteiger partial charge < -0.3 is 9.84 Å². The molecule has 0 radical (unpaired) electrons. The van der Waals surface area contributed by atoms with E-state index < -0.39 is 18.2 Å². The van der Waals surface area contributed by atoms with Gasteiger partial charge in [0.1, 0.15) is 6.10 Å². The van der Waals surface area contributed by atoms with Crippen LogP contribution in [0, 0.1) is 0 Å². The minimum Gasteiger partial charge on any atom is -0.458 e. The largest absolute Gasteiger partial charge is 0.458 e. The van der Waals surface area contributed by atoms with Gasteiger partial charge >= 0.3 is 5.97 Å². The summed E-state index contributed by atoms with van der Waals surface area (Å²) in [4.78, 5) is 11.8. The number of aryl methyl sites for hydroxylation is 1. The average Bonchev–Trinajstić information content (AvgIpc) is 3.20. The van der Waals surface area contributed by atoms with Crippen molar-refractivity contribution in [1.29, 1.82) is 0 Å². The van der Waals surface area contributed by atoms with Gasteiger partial charge in [0, 0.05) is 55.8 Å². The number of nitrogens with zero attached hydrogens (tertiary/aromatic N) is 4. The lowest BCUT2D eigenvalue weighted by atomic mass is 9.91. The maximum atomic E-state index is 11.8. The van der Waals surface area contributed by atoms with Crippen LogP contribution in [0.5, 0.6) is 0 Å². The van der Waals surface area contributed by atoms with Gasteiger partial charge in [-0.2, -0.15) is 0 Å². The van der Waals surface area contributed by atoms with Crippen molar-refractivity contribution in [2.75, 3.05) is 0 Å². The van der Waals surface area contributed by atoms with Crippen molar-refractivity contribution in [3.63, 3.8) is 0 Å². The molecule has 2 heterocycles. The zero-order valence-corrected chi connectivity index (χ0v) is 20.8. The van der Waals surface area contributed by atoms with E-state index in [-0.39, 0.29) is 12.8 Å². The first-order valence-electron chi connectivity index (χ1n) is 10.2. The summed E-state index contributed by atoms with van der Waals surface area (Å²) in [7, 11) is 1.68. The molecule has 0 unspecified atom stereocenters. The van der Waals surface area contributed by atoms with Crippen LogP contribution in [0.3, 0.4) is 0 Å². The Hall–Kier alpha value is -2.42. The number of allylic oxidation sites excluding steroid dienone is 2. The Morgan fingerprint density at radius 3 is 2.24 bits per heavy atom. The molecule has 3 aromatic rings. The number of esters is 1. The SMILES string of the molecule is Cn1nnnc1C(C=C[C@@H]1C[C@@H](O)CC(=O)O1)=C(c1cc(Cl)ccc1Cl)c1cc(Cl)ccc1Cl. The third kappa shape index (κ3) is 5.45. The summed E-state index contributed by atoms with van der Waals surface area (Å²) in [5.74, 6) is -0.0868. The van der Waals surface area contributed by atoms with E-state index in [1.807, 2.05) is 0 Å². The minimum absolute atomic E-state index is 0.0399. The van der Waals surface area contributed by atoms with Crippen molar-refractivity contribution >= 4 is 63.5 Å². The van der Waals surface area contributed by atoms with Crippen LogP contribution in [-0.4, -0.2) is 43.5 Å². The van der Waals surface area contributed by atoms with Crippen LogP contribution in [0.15, 0.2) is 48.6 Å². The van der Waals surface area contributed by atoms with Crippen molar-refractivity contribution in [1.82, 2.24) is 20.2 Å². The van der Waals surface area contributed by atoms with Crippen LogP contribution in [0.2, 0.25) is 20.1 Å². The summed E-state index contributed by atoms with van der Waals surface area (Å²) in [6, 6.07) is 10.1. The van der Waals surface area contributed by atoms with Gasteiger partial charge in [-0.15, -0.1) is 5.10 Å². The molecular formula is C23H18Cl4N4O3. The van der Waals surface area contributed by atoms with Crippen LogP contribution in [-0.2, 0) is 16.6 Å². The van der Waals surface area contributed by atoms with Gasteiger partial charge in [0.2, 0.25) is 0 Å². The third-order valence-corrected chi connectivity index (χ3v) is 6.32. The molecular weight excluding hydrogens is 522 g/mol. The second-order valence-electron chi connectivity index (χ2n) is 7.64. The summed E-state index contributed by atoms with van der Waals surface area (Å²) in [6.45, 7) is 0. The van der Waals surface area contributed by atoms with Gasteiger partial charge in [-0.05, 0) is 52.9 Å². The molecule has 0 spiro atoms. The Morgan fingerprint density at radius 2 is 1.71 bits per heavy atom. The Labute approximate surface area is 215 Å². The number of halogens is 4. The van der Waals surface area contributed by atoms with E-state index >= 15 is 0 Å². The predicted octanol–water partition coefficient (Wildman–Crippen LogP) is 5.41. The standard InChI is InChI=1S/C23H18Cl4N4O3/c1-31-23(28-29-30-31)16(5-4-15-10-14(32)11-21(33)34-15)22(17-8-12(24)2-6-19(17)26)18-9-13(25)3-7-20(18)27/h2-9,14-15,32H,10-11H2,1H3/t14-,15-/m1/s1. The topological polar surface area (TPSA) is 90.1 Å². The van der Waals surface area contributed by atoms with Crippen LogP contribution in [0.1, 0.15) is 29.8 Å². The van der Waals surface area contributed by atoms with Gasteiger partial charge in [0.25, 0.3) is 0 Å². The summed E-state index contributed by atoms with van der Waals surface area (Å²) in [6.07, 6.45) is 2.18. The van der Waals surface area contributed by atoms with E-state index in [2.05, 4.69) is 15.5 Å². The van der Waals surface area contributed by atoms with E-state index in [0.717, 1.165) is 0 Å². The number of aliphatic hydroxyl groups excluding tert-OH is 1. The number of carbonyl (C=O) groups is 1. The lowest BCUT2D eigenvalue weighted by Crippen LogP contribution is -2.31. The Balaban J connectivity index is 2.01. The molecule has 1 N–H and O–H groups in total. The number of aliphatic hydroxyl groups is 1. The van der Waals surface area contributed by atoms with E-state index in [0.29, 0.717) is 48.2 Å². The molecule has 1 aliphatic heterocycles. The normalized spacial score (nSPS) is 18.2. The molecule has 1 aliphatic rings. The van der Waals surface area contributed by atoms with Crippen LogP contribution < -0.4 is 0 Å². The lowest BCUT2D eigenvalue weighted by molar-refractivity contribution is -0.156. The molecule has 2 aromatic carbocycles. The van der Waals surface area contributed by atoms with Crippen LogP contribution in [0.25, 0.3) is 11.1 Å². The van der Waals surface area contributed by atoms with Gasteiger partial charge in [-0.1, -0.05) is 52.5 Å². The van der Waals surface area contributed by atoms with Crippen LogP contribution in [0.4, 0.5) is 0 Å². The zero-order valence-electron chi connectivity index (χ0n) is 17.8. The summed E-state index contributed by atoms with van der Waals surface area (Å²) >= 11 is 25.9. The zero-order chi connectivity index (χ0) is 24.4. The number of aromatic nitrogens is 4. The molecule has 1 aromatic heterocycles. The fraction of sp³-hybridized carbons (Fsp3) is 0.217. The maximum Gasteiger partial charge on any atom is 0.309 e. The summed E-state index contributed by atoms with van der Waals surface area (Å²) < 4.78 is 6.85. The highest BCUT2D eigenvalue weighted by molar-refractivity contribution is 6.37. The number of benzene rings is 2. The number of carbonyl (C=O) groups excluding carboxylic acids is 1. The van der Waals surface area contributed by atoms with E-state index in [9.17, 15) is 9.90 Å². The highest BCUT2D eigenvalue weighted by atomic mass is 35.5. The van der Waals surface area contributed by atoms with Crippen molar-refractivity contribution in [3.8, 4) is 0 Å². The molecule has 0 aliphatic carbocycles. The number of ether oxygens (including phenoxy) is 1. The van der Waals surface area contributed by atoms with Crippen molar-refractivity contribution in [3.05, 3.63) is 85.6 Å². The number of cyclic esters (lactones) is 1. The number of hydrogen-bond donors (Lipinski definition) is 1. The molecule has 4 rings (SSSR count). The number of rotatable bonds is 5. The average molecular weight is 540 g/mol. The molecule has 176 valence electrons. The molecule has 0 saturated carbocycles. The highest BCUT2D eigenvalue weighted by Gasteiger charge is 2.26. The van der Waals surface area contributed by atoms with Gasteiger partial charge in [0.05, 0.1) is 12.5 Å². The smallest absolute Gasteiger partial charge is 0.309 e. The van der Waals surface area contributed by atoms with E-state index in [4.69, 9.17) is 51.1 Å². The molecule has 7 nitrogen and oxygen atoms in total. The minimum atomic E-state index is -0.788. The molecule has 1 saturated heterocycles. The van der Waals surface area contributed by atoms with Crippen LogP contribution >= 0.6 is 46.4 Å². The van der Waals surface area contributed by atoms with Gasteiger partial charge in [0.15, 0.2) is 5.82 Å². The first-order chi connectivity index (χ1) is 16.2.